The molecule has 5 heteroatoms. The molecule has 4 nitrogen and oxygen atoms in total. The Kier molecular flexibility index (Phi) is 6.82. The van der Waals surface area contributed by atoms with Crippen molar-refractivity contribution < 1.29 is 14.3 Å². The number of rotatable bonds is 6. The maximum Gasteiger partial charge on any atom is 0.338 e. The molecule has 0 saturated carbocycles. The summed E-state index contributed by atoms with van der Waals surface area (Å²) in [7, 11) is 0. The maximum atomic E-state index is 13.1. The largest absolute Gasteiger partial charge is 0.462 e. The first-order valence-corrected chi connectivity index (χ1v) is 9.56. The van der Waals surface area contributed by atoms with Crippen molar-refractivity contribution >= 4 is 40.8 Å². The zero-order valence-corrected chi connectivity index (χ0v) is 16.6. The molecular formula is C24H20ClNO3. The number of carbonyl (C=O) groups excluding carboxylic acids is 2. The molecule has 0 aromatic heterocycles. The van der Waals surface area contributed by atoms with E-state index in [4.69, 9.17) is 16.3 Å². The predicted molar refractivity (Wildman–Crippen MR) is 117 cm³/mol. The van der Waals surface area contributed by atoms with Gasteiger partial charge in [-0.25, -0.2) is 4.79 Å². The third-order valence-electron chi connectivity index (χ3n) is 4.17. The van der Waals surface area contributed by atoms with E-state index < -0.39 is 5.97 Å². The van der Waals surface area contributed by atoms with Gasteiger partial charge in [-0.15, -0.1) is 0 Å². The molecule has 29 heavy (non-hydrogen) atoms. The number of nitrogens with one attached hydrogen (secondary N) is 1. The van der Waals surface area contributed by atoms with Crippen LogP contribution in [0.15, 0.2) is 78.9 Å². The van der Waals surface area contributed by atoms with Crippen LogP contribution in [0.1, 0.15) is 28.4 Å². The van der Waals surface area contributed by atoms with Crippen molar-refractivity contribution in [3.63, 3.8) is 0 Å². The van der Waals surface area contributed by atoms with Gasteiger partial charge < -0.3 is 10.1 Å². The molecule has 0 aliphatic heterocycles. The topological polar surface area (TPSA) is 55.4 Å². The first-order valence-electron chi connectivity index (χ1n) is 9.18. The summed E-state index contributed by atoms with van der Waals surface area (Å²) in [5.74, 6) is -0.757. The van der Waals surface area contributed by atoms with Crippen molar-refractivity contribution in [1.29, 1.82) is 0 Å². The highest BCUT2D eigenvalue weighted by Crippen LogP contribution is 2.26. The van der Waals surface area contributed by atoms with Crippen molar-refractivity contribution in [2.24, 2.45) is 0 Å². The van der Waals surface area contributed by atoms with Crippen molar-refractivity contribution in [2.75, 3.05) is 11.9 Å². The molecule has 0 radical (unpaired) electrons. The van der Waals surface area contributed by atoms with Gasteiger partial charge in [0.25, 0.3) is 5.91 Å². The first kappa shape index (κ1) is 20.4. The Morgan fingerprint density at radius 1 is 0.931 bits per heavy atom. The van der Waals surface area contributed by atoms with Crippen LogP contribution in [0.4, 0.5) is 5.69 Å². The highest BCUT2D eigenvalue weighted by molar-refractivity contribution is 6.36. The first-order chi connectivity index (χ1) is 14.1. The lowest BCUT2D eigenvalue weighted by Gasteiger charge is -2.12. The zero-order valence-electron chi connectivity index (χ0n) is 15.9. The van der Waals surface area contributed by atoms with Crippen LogP contribution in [0.3, 0.4) is 0 Å². The second kappa shape index (κ2) is 9.71. The Labute approximate surface area is 174 Å². The Balaban J connectivity index is 1.89. The SMILES string of the molecule is CCOC(=O)c1ccc(NC(=O)/C(=C/c2ccccc2)c2ccccc2)c(Cl)c1. The van der Waals surface area contributed by atoms with Crippen LogP contribution in [0, 0.1) is 0 Å². The predicted octanol–water partition coefficient (Wildman–Crippen LogP) is 5.70. The third kappa shape index (κ3) is 5.33. The van der Waals surface area contributed by atoms with Gasteiger partial charge in [0.2, 0.25) is 0 Å². The molecule has 0 heterocycles. The van der Waals surface area contributed by atoms with Crippen LogP contribution < -0.4 is 5.32 Å². The summed E-state index contributed by atoms with van der Waals surface area (Å²) in [6.07, 6.45) is 1.82. The summed E-state index contributed by atoms with van der Waals surface area (Å²) in [6.45, 7) is 2.01. The molecule has 0 aliphatic rings. The highest BCUT2D eigenvalue weighted by atomic mass is 35.5. The quantitative estimate of drug-likeness (QED) is 0.325. The highest BCUT2D eigenvalue weighted by Gasteiger charge is 2.15. The number of hydrogen-bond donors (Lipinski definition) is 1. The van der Waals surface area contributed by atoms with E-state index in [9.17, 15) is 9.59 Å². The molecule has 3 aromatic rings. The van der Waals surface area contributed by atoms with Crippen LogP contribution in [-0.2, 0) is 9.53 Å². The molecule has 146 valence electrons. The van der Waals surface area contributed by atoms with Crippen LogP contribution in [-0.4, -0.2) is 18.5 Å². The third-order valence-corrected chi connectivity index (χ3v) is 4.48. The van der Waals surface area contributed by atoms with Crippen LogP contribution in [0.2, 0.25) is 5.02 Å². The van der Waals surface area contributed by atoms with E-state index in [1.807, 2.05) is 66.7 Å². The number of amides is 1. The Bertz CT molecular complexity index is 1030. The summed E-state index contributed by atoms with van der Waals surface area (Å²) in [4.78, 5) is 24.9. The van der Waals surface area contributed by atoms with Gasteiger partial charge in [-0.05, 0) is 42.3 Å². The average molecular weight is 406 g/mol. The van der Waals surface area contributed by atoms with E-state index >= 15 is 0 Å². The van der Waals surface area contributed by atoms with Crippen molar-refractivity contribution in [2.45, 2.75) is 6.92 Å². The lowest BCUT2D eigenvalue weighted by Crippen LogP contribution is -2.14. The lowest BCUT2D eigenvalue weighted by molar-refractivity contribution is -0.111. The van der Waals surface area contributed by atoms with Gasteiger partial charge >= 0.3 is 5.97 Å². The van der Waals surface area contributed by atoms with Gasteiger partial charge in [0, 0.05) is 5.57 Å². The van der Waals surface area contributed by atoms with E-state index in [1.54, 1.807) is 19.1 Å². The van der Waals surface area contributed by atoms with Crippen molar-refractivity contribution in [1.82, 2.24) is 0 Å². The monoisotopic (exact) mass is 405 g/mol. The number of esters is 1. The number of anilines is 1. The van der Waals surface area contributed by atoms with E-state index in [-0.39, 0.29) is 17.5 Å². The van der Waals surface area contributed by atoms with Gasteiger partial charge in [0.1, 0.15) is 0 Å². The minimum Gasteiger partial charge on any atom is -0.462 e. The number of ether oxygens (including phenoxy) is 1. The minimum atomic E-state index is -0.457. The van der Waals surface area contributed by atoms with E-state index in [2.05, 4.69) is 5.32 Å². The Morgan fingerprint density at radius 3 is 2.21 bits per heavy atom. The molecule has 0 fully saturated rings. The summed E-state index contributed by atoms with van der Waals surface area (Å²) >= 11 is 6.29. The Hall–Kier alpha value is -3.37. The smallest absolute Gasteiger partial charge is 0.338 e. The van der Waals surface area contributed by atoms with Gasteiger partial charge in [-0.3, -0.25) is 4.79 Å². The molecule has 0 aliphatic carbocycles. The van der Waals surface area contributed by atoms with E-state index in [0.717, 1.165) is 11.1 Å². The molecule has 3 rings (SSSR count). The molecule has 1 N–H and O–H groups in total. The molecule has 0 spiro atoms. The fourth-order valence-electron chi connectivity index (χ4n) is 2.76. The number of halogens is 1. The van der Waals surface area contributed by atoms with Gasteiger partial charge in [-0.2, -0.15) is 0 Å². The number of hydrogen-bond acceptors (Lipinski definition) is 3. The number of benzene rings is 3. The van der Waals surface area contributed by atoms with Crippen LogP contribution >= 0.6 is 11.6 Å². The molecular weight excluding hydrogens is 386 g/mol. The van der Waals surface area contributed by atoms with E-state index in [0.29, 0.717) is 16.8 Å². The lowest BCUT2D eigenvalue weighted by atomic mass is 10.0. The minimum absolute atomic E-state index is 0.260. The van der Waals surface area contributed by atoms with Gasteiger partial charge in [0.15, 0.2) is 0 Å². The molecule has 1 amide bonds. The normalized spacial score (nSPS) is 11.0. The second-order valence-corrected chi connectivity index (χ2v) is 6.61. The average Bonchev–Trinajstić information content (AvgIpc) is 2.75. The summed E-state index contributed by atoms with van der Waals surface area (Å²) in [5, 5.41) is 3.10. The molecule has 0 atom stereocenters. The molecule has 0 saturated heterocycles. The molecule has 0 bridgehead atoms. The number of carbonyl (C=O) groups is 2. The fraction of sp³-hybridized carbons (Fsp3) is 0.0833. The standard InChI is InChI=1S/C24H20ClNO3/c1-2-29-24(28)19-13-14-22(21(25)16-19)26-23(27)20(18-11-7-4-8-12-18)15-17-9-5-3-6-10-17/h3-16H,2H2,1H3,(H,26,27)/b20-15+. The Morgan fingerprint density at radius 2 is 1.59 bits per heavy atom. The molecule has 0 unspecified atom stereocenters. The van der Waals surface area contributed by atoms with E-state index in [1.165, 1.54) is 6.07 Å². The fourth-order valence-corrected chi connectivity index (χ4v) is 2.99. The van der Waals surface area contributed by atoms with Crippen molar-refractivity contribution in [3.8, 4) is 0 Å². The summed E-state index contributed by atoms with van der Waals surface area (Å²) < 4.78 is 4.97. The van der Waals surface area contributed by atoms with Crippen LogP contribution in [0.5, 0.6) is 0 Å². The van der Waals surface area contributed by atoms with Crippen molar-refractivity contribution in [3.05, 3.63) is 101 Å². The zero-order chi connectivity index (χ0) is 20.6. The van der Waals surface area contributed by atoms with Gasteiger partial charge in [-0.1, -0.05) is 72.3 Å². The van der Waals surface area contributed by atoms with Gasteiger partial charge in [0.05, 0.1) is 22.9 Å². The summed E-state index contributed by atoms with van der Waals surface area (Å²) in [5.41, 5.74) is 2.94. The van der Waals surface area contributed by atoms with Crippen LogP contribution in [0.25, 0.3) is 11.6 Å². The molecule has 3 aromatic carbocycles. The second-order valence-electron chi connectivity index (χ2n) is 6.20. The maximum absolute atomic E-state index is 13.1. The summed E-state index contributed by atoms with van der Waals surface area (Å²) in [6, 6.07) is 23.7.